The van der Waals surface area contributed by atoms with Crippen molar-refractivity contribution < 1.29 is 18.6 Å². The van der Waals surface area contributed by atoms with Crippen LogP contribution in [0.15, 0.2) is 30.5 Å². The van der Waals surface area contributed by atoms with Gasteiger partial charge in [-0.15, -0.1) is 11.6 Å². The molecule has 21 heavy (non-hydrogen) atoms. The minimum atomic E-state index is -0.463. The molecular weight excluding hydrogens is 297 g/mol. The van der Waals surface area contributed by atoms with Crippen molar-refractivity contribution in [3.8, 4) is 17.2 Å². The molecule has 0 saturated heterocycles. The number of halogens is 2. The molecular formula is C15H15ClFNO3. The molecule has 0 N–H and O–H groups in total. The van der Waals surface area contributed by atoms with Gasteiger partial charge >= 0.3 is 0 Å². The molecule has 0 atom stereocenters. The van der Waals surface area contributed by atoms with E-state index in [-0.39, 0.29) is 18.2 Å². The zero-order valence-corrected chi connectivity index (χ0v) is 12.5. The number of rotatable bonds is 6. The maximum atomic E-state index is 13.8. The van der Waals surface area contributed by atoms with Gasteiger partial charge in [0.05, 0.1) is 20.1 Å². The van der Waals surface area contributed by atoms with Gasteiger partial charge in [0.15, 0.2) is 23.1 Å². The van der Waals surface area contributed by atoms with Crippen LogP contribution in [0.4, 0.5) is 4.39 Å². The lowest BCUT2D eigenvalue weighted by molar-refractivity contribution is 0.271. The van der Waals surface area contributed by atoms with Crippen molar-refractivity contribution in [1.82, 2.24) is 4.98 Å². The Balaban J connectivity index is 2.25. The third-order valence-electron chi connectivity index (χ3n) is 2.91. The summed E-state index contributed by atoms with van der Waals surface area (Å²) < 4.78 is 29.8. The van der Waals surface area contributed by atoms with E-state index in [1.54, 1.807) is 24.4 Å². The number of hydrogen-bond donors (Lipinski definition) is 0. The van der Waals surface area contributed by atoms with Gasteiger partial charge in [-0.3, -0.25) is 4.98 Å². The van der Waals surface area contributed by atoms with E-state index in [0.29, 0.717) is 22.8 Å². The van der Waals surface area contributed by atoms with Crippen molar-refractivity contribution in [1.29, 1.82) is 0 Å². The first-order valence-corrected chi connectivity index (χ1v) is 6.76. The second kappa shape index (κ2) is 7.13. The summed E-state index contributed by atoms with van der Waals surface area (Å²) in [4.78, 5) is 4.17. The molecule has 1 aromatic heterocycles. The maximum absolute atomic E-state index is 13.8. The van der Waals surface area contributed by atoms with E-state index < -0.39 is 5.82 Å². The fourth-order valence-electron chi connectivity index (χ4n) is 1.91. The largest absolute Gasteiger partial charge is 0.493 e. The first-order valence-electron chi connectivity index (χ1n) is 6.23. The molecule has 0 fully saturated rings. The SMILES string of the molecule is COc1ccnc(COc2c(F)cccc2CCl)c1OC. The van der Waals surface area contributed by atoms with E-state index in [1.165, 1.54) is 20.3 Å². The standard InChI is InChI=1S/C15H15ClFNO3/c1-19-13-6-7-18-12(15(13)20-2)9-21-14-10(8-16)4-3-5-11(14)17/h3-7H,8-9H2,1-2H3. The topological polar surface area (TPSA) is 40.6 Å². The fraction of sp³-hybridized carbons (Fsp3) is 0.267. The molecule has 0 aliphatic carbocycles. The number of pyridine rings is 1. The molecule has 0 amide bonds. The normalized spacial score (nSPS) is 10.3. The molecule has 0 aliphatic rings. The van der Waals surface area contributed by atoms with Gasteiger partial charge < -0.3 is 14.2 Å². The predicted octanol–water partition coefficient (Wildman–Crippen LogP) is 3.56. The van der Waals surface area contributed by atoms with Crippen LogP contribution in [0.3, 0.4) is 0 Å². The summed E-state index contributed by atoms with van der Waals surface area (Å²) in [6, 6.07) is 6.29. The van der Waals surface area contributed by atoms with Crippen molar-refractivity contribution >= 4 is 11.6 Å². The minimum absolute atomic E-state index is 0.0468. The Morgan fingerprint density at radius 2 is 1.95 bits per heavy atom. The van der Waals surface area contributed by atoms with Gasteiger partial charge in [0.1, 0.15) is 12.3 Å². The van der Waals surface area contributed by atoms with Crippen LogP contribution in [0.1, 0.15) is 11.3 Å². The number of para-hydroxylation sites is 1. The highest BCUT2D eigenvalue weighted by atomic mass is 35.5. The van der Waals surface area contributed by atoms with Gasteiger partial charge in [-0.05, 0) is 6.07 Å². The van der Waals surface area contributed by atoms with E-state index in [9.17, 15) is 4.39 Å². The Morgan fingerprint density at radius 3 is 2.62 bits per heavy atom. The average Bonchev–Trinajstić information content (AvgIpc) is 2.52. The predicted molar refractivity (Wildman–Crippen MR) is 77.6 cm³/mol. The molecule has 0 radical (unpaired) electrons. The van der Waals surface area contributed by atoms with Crippen LogP contribution < -0.4 is 14.2 Å². The summed E-state index contributed by atoms with van der Waals surface area (Å²) in [7, 11) is 3.04. The van der Waals surface area contributed by atoms with Crippen molar-refractivity contribution in [2.24, 2.45) is 0 Å². The summed E-state index contributed by atoms with van der Waals surface area (Å²) in [5, 5.41) is 0. The molecule has 6 heteroatoms. The van der Waals surface area contributed by atoms with Crippen LogP contribution in [0, 0.1) is 5.82 Å². The van der Waals surface area contributed by atoms with Crippen LogP contribution >= 0.6 is 11.6 Å². The lowest BCUT2D eigenvalue weighted by Crippen LogP contribution is -2.05. The molecule has 0 spiro atoms. The smallest absolute Gasteiger partial charge is 0.185 e. The number of aromatic nitrogens is 1. The van der Waals surface area contributed by atoms with E-state index in [1.807, 2.05) is 0 Å². The van der Waals surface area contributed by atoms with E-state index in [4.69, 9.17) is 25.8 Å². The zero-order chi connectivity index (χ0) is 15.2. The second-order valence-electron chi connectivity index (χ2n) is 4.14. The number of hydrogen-bond acceptors (Lipinski definition) is 4. The second-order valence-corrected chi connectivity index (χ2v) is 4.41. The van der Waals surface area contributed by atoms with Crippen molar-refractivity contribution in [2.45, 2.75) is 12.5 Å². The highest BCUT2D eigenvalue weighted by Crippen LogP contribution is 2.31. The molecule has 0 saturated carbocycles. The van der Waals surface area contributed by atoms with Crippen LogP contribution in [0.5, 0.6) is 17.2 Å². The number of alkyl halides is 1. The van der Waals surface area contributed by atoms with Gasteiger partial charge in [-0.1, -0.05) is 12.1 Å². The Labute approximate surface area is 127 Å². The number of benzene rings is 1. The minimum Gasteiger partial charge on any atom is -0.493 e. The molecule has 2 aromatic rings. The number of methoxy groups -OCH3 is 2. The van der Waals surface area contributed by atoms with Crippen molar-refractivity contribution in [3.05, 3.63) is 47.5 Å². The summed E-state index contributed by atoms with van der Waals surface area (Å²) in [6.45, 7) is 0.0468. The Morgan fingerprint density at radius 1 is 1.14 bits per heavy atom. The van der Waals surface area contributed by atoms with E-state index in [0.717, 1.165) is 0 Å². The van der Waals surface area contributed by atoms with E-state index >= 15 is 0 Å². The third kappa shape index (κ3) is 3.36. The van der Waals surface area contributed by atoms with Gasteiger partial charge in [-0.25, -0.2) is 4.39 Å². The van der Waals surface area contributed by atoms with E-state index in [2.05, 4.69) is 4.98 Å². The zero-order valence-electron chi connectivity index (χ0n) is 11.7. The van der Waals surface area contributed by atoms with Crippen LogP contribution in [0.2, 0.25) is 0 Å². The van der Waals surface area contributed by atoms with Crippen LogP contribution in [-0.2, 0) is 12.5 Å². The molecule has 2 rings (SSSR count). The lowest BCUT2D eigenvalue weighted by Gasteiger charge is -2.14. The average molecular weight is 312 g/mol. The van der Waals surface area contributed by atoms with Gasteiger partial charge in [0.2, 0.25) is 0 Å². The van der Waals surface area contributed by atoms with Gasteiger partial charge in [0, 0.05) is 17.8 Å². The summed E-state index contributed by atoms with van der Waals surface area (Å²) in [5.74, 6) is 0.825. The van der Waals surface area contributed by atoms with Crippen molar-refractivity contribution in [2.75, 3.05) is 14.2 Å². The molecule has 112 valence electrons. The molecule has 1 aromatic carbocycles. The summed E-state index contributed by atoms with van der Waals surface area (Å²) in [6.07, 6.45) is 1.57. The highest BCUT2D eigenvalue weighted by Gasteiger charge is 2.14. The Kier molecular flexibility index (Phi) is 5.22. The molecule has 1 heterocycles. The van der Waals surface area contributed by atoms with Gasteiger partial charge in [0.25, 0.3) is 0 Å². The first-order chi connectivity index (χ1) is 10.2. The molecule has 4 nitrogen and oxygen atoms in total. The monoisotopic (exact) mass is 311 g/mol. The number of ether oxygens (including phenoxy) is 3. The molecule has 0 unspecified atom stereocenters. The summed E-state index contributed by atoms with van der Waals surface area (Å²) in [5.41, 5.74) is 1.10. The van der Waals surface area contributed by atoms with Crippen LogP contribution in [-0.4, -0.2) is 19.2 Å². The van der Waals surface area contributed by atoms with Crippen molar-refractivity contribution in [3.63, 3.8) is 0 Å². The quantitative estimate of drug-likeness (QED) is 0.765. The van der Waals surface area contributed by atoms with Gasteiger partial charge in [-0.2, -0.15) is 0 Å². The Hall–Kier alpha value is -2.01. The molecule has 0 aliphatic heterocycles. The first kappa shape index (κ1) is 15.4. The third-order valence-corrected chi connectivity index (χ3v) is 3.20. The maximum Gasteiger partial charge on any atom is 0.185 e. The Bertz CT molecular complexity index is 622. The summed E-state index contributed by atoms with van der Waals surface area (Å²) >= 11 is 5.79. The molecule has 0 bridgehead atoms. The number of nitrogens with zero attached hydrogens (tertiary/aromatic N) is 1. The lowest BCUT2D eigenvalue weighted by atomic mass is 10.2. The van der Waals surface area contributed by atoms with Crippen LogP contribution in [0.25, 0.3) is 0 Å². The highest BCUT2D eigenvalue weighted by molar-refractivity contribution is 6.17. The fourth-order valence-corrected chi connectivity index (χ4v) is 2.12.